The molecule has 1 aromatic carbocycles. The molecular weight excluding hydrogens is 362 g/mol. The molecular formula is C24H31N3O2. The van der Waals surface area contributed by atoms with Crippen LogP contribution in [0, 0.1) is 5.92 Å². The van der Waals surface area contributed by atoms with Crippen molar-refractivity contribution in [1.82, 2.24) is 15.2 Å². The summed E-state index contributed by atoms with van der Waals surface area (Å²) < 4.78 is 6.12. The maximum atomic E-state index is 12.3. The number of carbonyl (C=O) groups excluding carboxylic acids is 1. The molecule has 0 spiro atoms. The highest BCUT2D eigenvalue weighted by molar-refractivity contribution is 5.94. The summed E-state index contributed by atoms with van der Waals surface area (Å²) in [6.45, 7) is 7.95. The number of amides is 1. The van der Waals surface area contributed by atoms with Gasteiger partial charge in [0.15, 0.2) is 0 Å². The van der Waals surface area contributed by atoms with E-state index >= 15 is 0 Å². The van der Waals surface area contributed by atoms with Gasteiger partial charge >= 0.3 is 0 Å². The summed E-state index contributed by atoms with van der Waals surface area (Å²) in [5, 5.41) is 2.89. The third-order valence-corrected chi connectivity index (χ3v) is 4.99. The Hall–Kier alpha value is -2.66. The standard InChI is InChI=1S/C24H31N3O2/c1-19(2)6-5-15-27-16-12-23(13-17-27)29-22-10-8-20(9-11-22)24(28)26-18-21-7-3-4-14-25-21/h3-11,14,19,23H,12-13,15-18H2,1-2H3,(H,26,28)/b6-5+. The average Bonchev–Trinajstić information content (AvgIpc) is 2.74. The number of benzene rings is 1. The first-order valence-electron chi connectivity index (χ1n) is 10.4. The lowest BCUT2D eigenvalue weighted by Crippen LogP contribution is -2.38. The van der Waals surface area contributed by atoms with E-state index in [0.29, 0.717) is 18.0 Å². The topological polar surface area (TPSA) is 54.5 Å². The zero-order valence-electron chi connectivity index (χ0n) is 17.4. The van der Waals surface area contributed by atoms with Gasteiger partial charge in [-0.2, -0.15) is 0 Å². The van der Waals surface area contributed by atoms with Gasteiger partial charge in [-0.25, -0.2) is 0 Å². The number of ether oxygens (including phenoxy) is 1. The largest absolute Gasteiger partial charge is 0.490 e. The Labute approximate surface area is 173 Å². The van der Waals surface area contributed by atoms with Gasteiger partial charge in [0.1, 0.15) is 11.9 Å². The second-order valence-corrected chi connectivity index (χ2v) is 7.82. The van der Waals surface area contributed by atoms with Crippen LogP contribution in [0.1, 0.15) is 42.7 Å². The van der Waals surface area contributed by atoms with Crippen molar-refractivity contribution in [2.24, 2.45) is 5.92 Å². The Morgan fingerprint density at radius 1 is 1.21 bits per heavy atom. The fourth-order valence-corrected chi connectivity index (χ4v) is 3.34. The minimum atomic E-state index is -0.107. The number of hydrogen-bond donors (Lipinski definition) is 1. The predicted molar refractivity (Wildman–Crippen MR) is 116 cm³/mol. The lowest BCUT2D eigenvalue weighted by molar-refractivity contribution is 0.0950. The SMILES string of the molecule is CC(C)/C=C/CN1CCC(Oc2ccc(C(=O)NCc3ccccn3)cc2)CC1. The van der Waals surface area contributed by atoms with E-state index in [9.17, 15) is 4.79 Å². The van der Waals surface area contributed by atoms with Crippen molar-refractivity contribution in [3.63, 3.8) is 0 Å². The summed E-state index contributed by atoms with van der Waals surface area (Å²) in [5.74, 6) is 1.32. The van der Waals surface area contributed by atoms with Crippen molar-refractivity contribution < 1.29 is 9.53 Å². The second-order valence-electron chi connectivity index (χ2n) is 7.82. The molecule has 1 saturated heterocycles. The van der Waals surface area contributed by atoms with E-state index < -0.39 is 0 Å². The average molecular weight is 394 g/mol. The number of allylic oxidation sites excluding steroid dienone is 1. The summed E-state index contributed by atoms with van der Waals surface area (Å²) in [6.07, 6.45) is 8.55. The van der Waals surface area contributed by atoms with Crippen molar-refractivity contribution in [3.8, 4) is 5.75 Å². The van der Waals surface area contributed by atoms with E-state index in [1.807, 2.05) is 42.5 Å². The van der Waals surface area contributed by atoms with Crippen molar-refractivity contribution in [1.29, 1.82) is 0 Å². The number of piperidine rings is 1. The van der Waals surface area contributed by atoms with Crippen LogP contribution in [0.5, 0.6) is 5.75 Å². The van der Waals surface area contributed by atoms with Crippen LogP contribution < -0.4 is 10.1 Å². The fourth-order valence-electron chi connectivity index (χ4n) is 3.34. The number of carbonyl (C=O) groups is 1. The lowest BCUT2D eigenvalue weighted by Gasteiger charge is -2.31. The molecule has 0 saturated carbocycles. The maximum Gasteiger partial charge on any atom is 0.251 e. The molecule has 2 heterocycles. The number of pyridine rings is 1. The molecule has 0 radical (unpaired) electrons. The quantitative estimate of drug-likeness (QED) is 0.687. The second kappa shape index (κ2) is 10.8. The molecule has 0 unspecified atom stereocenters. The van der Waals surface area contributed by atoms with Gasteiger partial charge in [-0.05, 0) is 55.2 Å². The molecule has 3 rings (SSSR count). The Morgan fingerprint density at radius 3 is 2.62 bits per heavy atom. The number of hydrogen-bond acceptors (Lipinski definition) is 4. The smallest absolute Gasteiger partial charge is 0.251 e. The first kappa shape index (κ1) is 21.1. The highest BCUT2D eigenvalue weighted by atomic mass is 16.5. The Kier molecular flexibility index (Phi) is 7.82. The van der Waals surface area contributed by atoms with Crippen LogP contribution in [0.15, 0.2) is 60.8 Å². The van der Waals surface area contributed by atoms with Crippen molar-refractivity contribution in [2.75, 3.05) is 19.6 Å². The van der Waals surface area contributed by atoms with Crippen LogP contribution in [0.2, 0.25) is 0 Å². The van der Waals surface area contributed by atoms with Crippen molar-refractivity contribution in [3.05, 3.63) is 72.1 Å². The van der Waals surface area contributed by atoms with E-state index in [-0.39, 0.29) is 12.0 Å². The molecule has 5 heteroatoms. The summed E-state index contributed by atoms with van der Waals surface area (Å²) in [4.78, 5) is 19.0. The molecule has 1 aliphatic rings. The van der Waals surface area contributed by atoms with Crippen molar-refractivity contribution >= 4 is 5.91 Å². The molecule has 154 valence electrons. The molecule has 1 aromatic heterocycles. The summed E-state index contributed by atoms with van der Waals surface area (Å²) >= 11 is 0. The molecule has 0 aliphatic carbocycles. The molecule has 1 amide bonds. The lowest BCUT2D eigenvalue weighted by atomic mass is 10.1. The monoisotopic (exact) mass is 393 g/mol. The number of likely N-dealkylation sites (tertiary alicyclic amines) is 1. The van der Waals surface area contributed by atoms with E-state index in [0.717, 1.165) is 43.9 Å². The van der Waals surface area contributed by atoms with Crippen molar-refractivity contribution in [2.45, 2.75) is 39.3 Å². The van der Waals surface area contributed by atoms with Gasteiger partial charge in [0, 0.05) is 31.4 Å². The van der Waals surface area contributed by atoms with Gasteiger partial charge in [-0.15, -0.1) is 0 Å². The summed E-state index contributed by atoms with van der Waals surface area (Å²) in [6, 6.07) is 13.1. The fraction of sp³-hybridized carbons (Fsp3) is 0.417. The van der Waals surface area contributed by atoms with Gasteiger partial charge in [-0.3, -0.25) is 14.7 Å². The number of rotatable bonds is 8. The minimum absolute atomic E-state index is 0.107. The summed E-state index contributed by atoms with van der Waals surface area (Å²) in [5.41, 5.74) is 1.46. The molecule has 2 aromatic rings. The highest BCUT2D eigenvalue weighted by Gasteiger charge is 2.19. The first-order chi connectivity index (χ1) is 14.1. The minimum Gasteiger partial charge on any atom is -0.490 e. The van der Waals surface area contributed by atoms with Gasteiger partial charge in [0.05, 0.1) is 12.2 Å². The van der Waals surface area contributed by atoms with Gasteiger partial charge in [0.25, 0.3) is 5.91 Å². The Bertz CT molecular complexity index is 780. The molecule has 1 aliphatic heterocycles. The predicted octanol–water partition coefficient (Wildman–Crippen LogP) is 4.07. The molecule has 1 N–H and O–H groups in total. The van der Waals surface area contributed by atoms with Crippen LogP contribution >= 0.6 is 0 Å². The maximum absolute atomic E-state index is 12.3. The summed E-state index contributed by atoms with van der Waals surface area (Å²) in [7, 11) is 0. The van der Waals surface area contributed by atoms with Crippen LogP contribution in [0.4, 0.5) is 0 Å². The van der Waals surface area contributed by atoms with Crippen LogP contribution in [-0.2, 0) is 6.54 Å². The zero-order valence-corrected chi connectivity index (χ0v) is 17.4. The normalized spacial score (nSPS) is 15.7. The van der Waals surface area contributed by atoms with Crippen LogP contribution in [0.3, 0.4) is 0 Å². The Morgan fingerprint density at radius 2 is 1.97 bits per heavy atom. The molecule has 1 fully saturated rings. The van der Waals surface area contributed by atoms with Gasteiger partial charge in [-0.1, -0.05) is 32.1 Å². The van der Waals surface area contributed by atoms with Gasteiger partial charge in [0.2, 0.25) is 0 Å². The first-order valence-corrected chi connectivity index (χ1v) is 10.4. The Balaban J connectivity index is 1.42. The number of aromatic nitrogens is 1. The zero-order chi connectivity index (χ0) is 20.5. The van der Waals surface area contributed by atoms with E-state index in [1.165, 1.54) is 0 Å². The van der Waals surface area contributed by atoms with E-state index in [4.69, 9.17) is 4.74 Å². The molecule has 5 nitrogen and oxygen atoms in total. The van der Waals surface area contributed by atoms with Crippen LogP contribution in [-0.4, -0.2) is 41.5 Å². The number of nitrogens with one attached hydrogen (secondary N) is 1. The third-order valence-electron chi connectivity index (χ3n) is 4.99. The van der Waals surface area contributed by atoms with E-state index in [2.05, 4.69) is 41.2 Å². The molecule has 0 bridgehead atoms. The third kappa shape index (κ3) is 7.02. The van der Waals surface area contributed by atoms with E-state index in [1.54, 1.807) is 6.20 Å². The number of nitrogens with zero attached hydrogens (tertiary/aromatic N) is 2. The molecule has 29 heavy (non-hydrogen) atoms. The van der Waals surface area contributed by atoms with Crippen LogP contribution in [0.25, 0.3) is 0 Å². The highest BCUT2D eigenvalue weighted by Crippen LogP contribution is 2.20. The van der Waals surface area contributed by atoms with Gasteiger partial charge < -0.3 is 10.1 Å². The molecule has 0 atom stereocenters.